The van der Waals surface area contributed by atoms with Crippen molar-refractivity contribution in [2.75, 3.05) is 20.8 Å². The average molecular weight is 329 g/mol. The molecular formula is C18H23N3O3. The molecule has 1 amide bonds. The maximum absolute atomic E-state index is 12.6. The van der Waals surface area contributed by atoms with Gasteiger partial charge in [-0.3, -0.25) is 9.48 Å². The van der Waals surface area contributed by atoms with Crippen molar-refractivity contribution in [3.8, 4) is 11.5 Å². The number of benzene rings is 1. The SMILES string of the molecule is COc1ccc(C2CCCN2C(=O)CCn2cccn2)cc1OC. The van der Waals surface area contributed by atoms with Gasteiger partial charge in [0.05, 0.1) is 20.3 Å². The van der Waals surface area contributed by atoms with E-state index in [1.54, 1.807) is 25.1 Å². The summed E-state index contributed by atoms with van der Waals surface area (Å²) in [6.07, 6.45) is 6.07. The van der Waals surface area contributed by atoms with Crippen LogP contribution in [0.5, 0.6) is 11.5 Å². The third kappa shape index (κ3) is 3.37. The van der Waals surface area contributed by atoms with Gasteiger partial charge in [0.25, 0.3) is 0 Å². The number of methoxy groups -OCH3 is 2. The van der Waals surface area contributed by atoms with E-state index in [0.29, 0.717) is 24.5 Å². The van der Waals surface area contributed by atoms with Crippen molar-refractivity contribution >= 4 is 5.91 Å². The van der Waals surface area contributed by atoms with E-state index < -0.39 is 0 Å². The molecule has 6 heteroatoms. The number of amides is 1. The summed E-state index contributed by atoms with van der Waals surface area (Å²) in [6.45, 7) is 1.41. The quantitative estimate of drug-likeness (QED) is 0.817. The molecular weight excluding hydrogens is 306 g/mol. The van der Waals surface area contributed by atoms with Gasteiger partial charge in [-0.05, 0) is 36.6 Å². The largest absolute Gasteiger partial charge is 0.493 e. The van der Waals surface area contributed by atoms with Crippen LogP contribution in [0.2, 0.25) is 0 Å². The van der Waals surface area contributed by atoms with Gasteiger partial charge in [0.15, 0.2) is 11.5 Å². The van der Waals surface area contributed by atoms with Crippen molar-refractivity contribution in [3.63, 3.8) is 0 Å². The number of rotatable bonds is 6. The second-order valence-corrected chi connectivity index (χ2v) is 5.88. The normalized spacial score (nSPS) is 17.1. The topological polar surface area (TPSA) is 56.6 Å². The third-order valence-electron chi connectivity index (χ3n) is 4.48. The highest BCUT2D eigenvalue weighted by atomic mass is 16.5. The molecule has 1 aliphatic rings. The first-order valence-electron chi connectivity index (χ1n) is 8.21. The molecule has 6 nitrogen and oxygen atoms in total. The maximum Gasteiger partial charge on any atom is 0.224 e. The summed E-state index contributed by atoms with van der Waals surface area (Å²) in [5.41, 5.74) is 1.09. The Hall–Kier alpha value is -2.50. The zero-order chi connectivity index (χ0) is 16.9. The lowest BCUT2D eigenvalue weighted by atomic mass is 10.0. The van der Waals surface area contributed by atoms with Gasteiger partial charge in [-0.1, -0.05) is 6.07 Å². The van der Waals surface area contributed by atoms with E-state index in [9.17, 15) is 4.79 Å². The van der Waals surface area contributed by atoms with Gasteiger partial charge < -0.3 is 14.4 Å². The molecule has 1 aromatic carbocycles. The van der Waals surface area contributed by atoms with Crippen LogP contribution in [0.25, 0.3) is 0 Å². The molecule has 1 saturated heterocycles. The van der Waals surface area contributed by atoms with Crippen molar-refractivity contribution < 1.29 is 14.3 Å². The molecule has 2 heterocycles. The van der Waals surface area contributed by atoms with Crippen LogP contribution >= 0.6 is 0 Å². The summed E-state index contributed by atoms with van der Waals surface area (Å²) in [6, 6.07) is 7.87. The van der Waals surface area contributed by atoms with Crippen molar-refractivity contribution in [2.45, 2.75) is 31.8 Å². The van der Waals surface area contributed by atoms with Crippen LogP contribution in [-0.4, -0.2) is 41.4 Å². The Balaban J connectivity index is 1.71. The molecule has 24 heavy (non-hydrogen) atoms. The molecule has 0 saturated carbocycles. The zero-order valence-electron chi connectivity index (χ0n) is 14.1. The number of carbonyl (C=O) groups is 1. The molecule has 0 radical (unpaired) electrons. The lowest BCUT2D eigenvalue weighted by Gasteiger charge is -2.26. The molecule has 0 bridgehead atoms. The van der Waals surface area contributed by atoms with Crippen LogP contribution in [0.3, 0.4) is 0 Å². The summed E-state index contributed by atoms with van der Waals surface area (Å²) in [5, 5.41) is 4.15. The zero-order valence-corrected chi connectivity index (χ0v) is 14.1. The highest BCUT2D eigenvalue weighted by Gasteiger charge is 2.30. The van der Waals surface area contributed by atoms with Crippen LogP contribution in [0.4, 0.5) is 0 Å². The van der Waals surface area contributed by atoms with Crippen LogP contribution in [-0.2, 0) is 11.3 Å². The van der Waals surface area contributed by atoms with Crippen LogP contribution in [0, 0.1) is 0 Å². The Labute approximate surface area is 142 Å². The van der Waals surface area contributed by atoms with E-state index >= 15 is 0 Å². The van der Waals surface area contributed by atoms with Gasteiger partial charge in [-0.25, -0.2) is 0 Å². The number of hydrogen-bond acceptors (Lipinski definition) is 4. The van der Waals surface area contributed by atoms with E-state index in [0.717, 1.165) is 24.9 Å². The van der Waals surface area contributed by atoms with Crippen LogP contribution < -0.4 is 9.47 Å². The Morgan fingerprint density at radius 2 is 2.12 bits per heavy atom. The fourth-order valence-electron chi connectivity index (χ4n) is 3.26. The molecule has 0 aliphatic carbocycles. The molecule has 1 aliphatic heterocycles. The Morgan fingerprint density at radius 1 is 1.29 bits per heavy atom. The number of carbonyl (C=O) groups excluding carboxylic acids is 1. The monoisotopic (exact) mass is 329 g/mol. The fraction of sp³-hybridized carbons (Fsp3) is 0.444. The van der Waals surface area contributed by atoms with E-state index in [2.05, 4.69) is 5.10 Å². The molecule has 0 spiro atoms. The molecule has 1 aromatic heterocycles. The van der Waals surface area contributed by atoms with Crippen LogP contribution in [0.1, 0.15) is 30.9 Å². The van der Waals surface area contributed by atoms with Crippen molar-refractivity contribution in [3.05, 3.63) is 42.2 Å². The highest BCUT2D eigenvalue weighted by molar-refractivity contribution is 5.77. The fourth-order valence-corrected chi connectivity index (χ4v) is 3.26. The van der Waals surface area contributed by atoms with E-state index in [-0.39, 0.29) is 11.9 Å². The first-order valence-corrected chi connectivity index (χ1v) is 8.21. The summed E-state index contributed by atoms with van der Waals surface area (Å²) in [5.74, 6) is 1.57. The Kier molecular flexibility index (Phi) is 5.03. The number of likely N-dealkylation sites (tertiary alicyclic amines) is 1. The second kappa shape index (κ2) is 7.38. The minimum atomic E-state index is 0.106. The number of aryl methyl sites for hydroxylation is 1. The average Bonchev–Trinajstić information content (AvgIpc) is 3.30. The first-order chi connectivity index (χ1) is 11.7. The van der Waals surface area contributed by atoms with E-state index in [1.807, 2.05) is 35.4 Å². The molecule has 0 N–H and O–H groups in total. The number of hydrogen-bond donors (Lipinski definition) is 0. The van der Waals surface area contributed by atoms with Gasteiger partial charge in [0, 0.05) is 31.9 Å². The lowest BCUT2D eigenvalue weighted by Crippen LogP contribution is -2.31. The van der Waals surface area contributed by atoms with Gasteiger partial charge in [0.1, 0.15) is 0 Å². The standard InChI is InChI=1S/C18H23N3O3/c1-23-16-7-6-14(13-17(16)24-2)15-5-3-11-21(15)18(22)8-12-20-10-4-9-19-20/h4,6-7,9-10,13,15H,3,5,8,11-12H2,1-2H3. The summed E-state index contributed by atoms with van der Waals surface area (Å²) < 4.78 is 12.5. The number of ether oxygens (including phenoxy) is 2. The van der Waals surface area contributed by atoms with Gasteiger partial charge in [-0.2, -0.15) is 5.10 Å². The van der Waals surface area contributed by atoms with Gasteiger partial charge >= 0.3 is 0 Å². The lowest BCUT2D eigenvalue weighted by molar-refractivity contribution is -0.132. The predicted octanol–water partition coefficient (Wildman–Crippen LogP) is 2.65. The van der Waals surface area contributed by atoms with Gasteiger partial charge in [-0.15, -0.1) is 0 Å². The minimum Gasteiger partial charge on any atom is -0.493 e. The molecule has 1 atom stereocenters. The Bertz CT molecular complexity index is 685. The molecule has 2 aromatic rings. The van der Waals surface area contributed by atoms with Gasteiger partial charge in [0.2, 0.25) is 5.91 Å². The summed E-state index contributed by atoms with van der Waals surface area (Å²) >= 11 is 0. The number of aromatic nitrogens is 2. The smallest absolute Gasteiger partial charge is 0.224 e. The van der Waals surface area contributed by atoms with Crippen molar-refractivity contribution in [1.29, 1.82) is 0 Å². The summed E-state index contributed by atoms with van der Waals surface area (Å²) in [7, 11) is 3.25. The third-order valence-corrected chi connectivity index (χ3v) is 4.48. The highest BCUT2D eigenvalue weighted by Crippen LogP contribution is 2.37. The summed E-state index contributed by atoms with van der Waals surface area (Å²) in [4.78, 5) is 14.6. The minimum absolute atomic E-state index is 0.106. The van der Waals surface area contributed by atoms with Crippen molar-refractivity contribution in [2.24, 2.45) is 0 Å². The molecule has 3 rings (SSSR count). The van der Waals surface area contributed by atoms with Crippen molar-refractivity contribution in [1.82, 2.24) is 14.7 Å². The number of nitrogens with zero attached hydrogens (tertiary/aromatic N) is 3. The van der Waals surface area contributed by atoms with Crippen LogP contribution in [0.15, 0.2) is 36.7 Å². The molecule has 1 fully saturated rings. The molecule has 1 unspecified atom stereocenters. The Morgan fingerprint density at radius 3 is 2.83 bits per heavy atom. The molecule has 128 valence electrons. The maximum atomic E-state index is 12.6. The van der Waals surface area contributed by atoms with E-state index in [4.69, 9.17) is 9.47 Å². The predicted molar refractivity (Wildman–Crippen MR) is 90.1 cm³/mol. The van der Waals surface area contributed by atoms with E-state index in [1.165, 1.54) is 0 Å². The second-order valence-electron chi connectivity index (χ2n) is 5.88. The first kappa shape index (κ1) is 16.4.